The molecule has 2 amide bonds. The topological polar surface area (TPSA) is 121 Å². The number of rotatable bonds is 5. The maximum Gasteiger partial charge on any atom is 0.340 e. The number of hydrogen-bond acceptors (Lipinski definition) is 6. The molecule has 0 saturated heterocycles. The molecule has 0 aliphatic carbocycles. The van der Waals surface area contributed by atoms with Gasteiger partial charge in [-0.3, -0.25) is 0 Å². The molecule has 8 nitrogen and oxygen atoms in total. The standard InChI is InChI=1S/C21H19N3O5/c1-12-15-8-3-4-9-16(15)24-17(18(12)20(26)28-2)11-29-19(25)13-6-5-7-14(10-13)23-21(22)27/h3-10H,11H2,1-2H3,(H3,22,23,27). The van der Waals surface area contributed by atoms with Crippen LogP contribution in [0.5, 0.6) is 0 Å². The van der Waals surface area contributed by atoms with Gasteiger partial charge in [0, 0.05) is 11.1 Å². The van der Waals surface area contributed by atoms with Crippen molar-refractivity contribution >= 4 is 34.6 Å². The molecule has 0 bridgehead atoms. The van der Waals surface area contributed by atoms with E-state index in [-0.39, 0.29) is 17.7 Å². The van der Waals surface area contributed by atoms with Gasteiger partial charge in [0.15, 0.2) is 0 Å². The Morgan fingerprint density at radius 1 is 1.07 bits per heavy atom. The van der Waals surface area contributed by atoms with Crippen LogP contribution in [0.1, 0.15) is 32.0 Å². The lowest BCUT2D eigenvalue weighted by Gasteiger charge is -2.13. The predicted octanol–water partition coefficient (Wildman–Crippen LogP) is 3.18. The molecule has 3 N–H and O–H groups in total. The van der Waals surface area contributed by atoms with Gasteiger partial charge in [-0.25, -0.2) is 19.4 Å². The van der Waals surface area contributed by atoms with E-state index in [0.717, 1.165) is 5.39 Å². The second kappa shape index (κ2) is 8.39. The number of nitrogens with one attached hydrogen (secondary N) is 1. The van der Waals surface area contributed by atoms with Crippen LogP contribution < -0.4 is 11.1 Å². The third kappa shape index (κ3) is 4.32. The average molecular weight is 393 g/mol. The van der Waals surface area contributed by atoms with E-state index in [0.29, 0.717) is 22.5 Å². The maximum absolute atomic E-state index is 12.4. The predicted molar refractivity (Wildman–Crippen MR) is 107 cm³/mol. The monoisotopic (exact) mass is 393 g/mol. The molecular formula is C21H19N3O5. The van der Waals surface area contributed by atoms with Crippen molar-refractivity contribution in [3.63, 3.8) is 0 Å². The molecule has 3 rings (SSSR count). The quantitative estimate of drug-likeness (QED) is 0.642. The van der Waals surface area contributed by atoms with Gasteiger partial charge in [-0.05, 0) is 36.8 Å². The van der Waals surface area contributed by atoms with Crippen LogP contribution in [0.4, 0.5) is 10.5 Å². The Morgan fingerprint density at radius 2 is 1.83 bits per heavy atom. The number of anilines is 1. The second-order valence-corrected chi connectivity index (χ2v) is 6.21. The van der Waals surface area contributed by atoms with Crippen LogP contribution >= 0.6 is 0 Å². The lowest BCUT2D eigenvalue weighted by atomic mass is 10.0. The molecule has 0 saturated carbocycles. The van der Waals surface area contributed by atoms with Gasteiger partial charge < -0.3 is 20.5 Å². The van der Waals surface area contributed by atoms with E-state index in [1.807, 2.05) is 24.3 Å². The summed E-state index contributed by atoms with van der Waals surface area (Å²) in [4.78, 5) is 40.2. The Morgan fingerprint density at radius 3 is 2.55 bits per heavy atom. The first-order chi connectivity index (χ1) is 13.9. The summed E-state index contributed by atoms with van der Waals surface area (Å²) in [6.07, 6.45) is 0. The van der Waals surface area contributed by atoms with Crippen molar-refractivity contribution in [3.05, 3.63) is 70.9 Å². The van der Waals surface area contributed by atoms with Crippen molar-refractivity contribution in [2.75, 3.05) is 12.4 Å². The van der Waals surface area contributed by atoms with Gasteiger partial charge in [0.1, 0.15) is 6.61 Å². The molecule has 1 aromatic heterocycles. The summed E-state index contributed by atoms with van der Waals surface area (Å²) in [7, 11) is 1.28. The van der Waals surface area contributed by atoms with Gasteiger partial charge in [0.05, 0.1) is 29.4 Å². The summed E-state index contributed by atoms with van der Waals surface area (Å²) in [6, 6.07) is 12.8. The Balaban J connectivity index is 1.89. The number of para-hydroxylation sites is 1. The molecule has 0 aliphatic rings. The smallest absolute Gasteiger partial charge is 0.340 e. The van der Waals surface area contributed by atoms with Crippen molar-refractivity contribution in [1.29, 1.82) is 0 Å². The van der Waals surface area contributed by atoms with Crippen molar-refractivity contribution in [1.82, 2.24) is 4.98 Å². The van der Waals surface area contributed by atoms with E-state index >= 15 is 0 Å². The van der Waals surface area contributed by atoms with E-state index in [4.69, 9.17) is 15.2 Å². The third-order valence-electron chi connectivity index (χ3n) is 4.32. The highest BCUT2D eigenvalue weighted by atomic mass is 16.5. The number of aromatic nitrogens is 1. The minimum Gasteiger partial charge on any atom is -0.465 e. The molecule has 0 fully saturated rings. The largest absolute Gasteiger partial charge is 0.465 e. The fraction of sp³-hybridized carbons (Fsp3) is 0.143. The van der Waals surface area contributed by atoms with E-state index < -0.39 is 18.0 Å². The fourth-order valence-electron chi connectivity index (χ4n) is 3.00. The first-order valence-corrected chi connectivity index (χ1v) is 8.71. The van der Waals surface area contributed by atoms with Crippen LogP contribution in [0.15, 0.2) is 48.5 Å². The highest BCUT2D eigenvalue weighted by molar-refractivity contribution is 5.98. The normalized spacial score (nSPS) is 10.4. The zero-order valence-corrected chi connectivity index (χ0v) is 15.9. The lowest BCUT2D eigenvalue weighted by molar-refractivity contribution is 0.0455. The Hall–Kier alpha value is -3.94. The van der Waals surface area contributed by atoms with Crippen molar-refractivity contribution in [2.45, 2.75) is 13.5 Å². The van der Waals surface area contributed by atoms with E-state index in [2.05, 4.69) is 10.3 Å². The number of urea groups is 1. The molecule has 8 heteroatoms. The Labute approximate surface area is 166 Å². The summed E-state index contributed by atoms with van der Waals surface area (Å²) in [6.45, 7) is 1.57. The molecule has 3 aromatic rings. The molecule has 29 heavy (non-hydrogen) atoms. The number of methoxy groups -OCH3 is 1. The number of nitrogens with zero attached hydrogens (tertiary/aromatic N) is 1. The number of nitrogens with two attached hydrogens (primary N) is 1. The SMILES string of the molecule is COC(=O)c1c(COC(=O)c2cccc(NC(N)=O)c2)nc2ccccc2c1C. The van der Waals surface area contributed by atoms with Gasteiger partial charge in [0.2, 0.25) is 0 Å². The lowest BCUT2D eigenvalue weighted by Crippen LogP contribution is -2.19. The van der Waals surface area contributed by atoms with E-state index in [1.54, 1.807) is 19.1 Å². The van der Waals surface area contributed by atoms with Gasteiger partial charge in [-0.2, -0.15) is 0 Å². The zero-order chi connectivity index (χ0) is 21.0. The summed E-state index contributed by atoms with van der Waals surface area (Å²) < 4.78 is 10.2. The molecule has 148 valence electrons. The van der Waals surface area contributed by atoms with Crippen LogP contribution in [0.3, 0.4) is 0 Å². The highest BCUT2D eigenvalue weighted by Gasteiger charge is 2.21. The average Bonchev–Trinajstić information content (AvgIpc) is 2.71. The number of amides is 2. The number of fused-ring (bicyclic) bond motifs is 1. The number of ether oxygens (including phenoxy) is 2. The molecule has 0 radical (unpaired) electrons. The van der Waals surface area contributed by atoms with Crippen LogP contribution in [-0.4, -0.2) is 30.1 Å². The number of aryl methyl sites for hydroxylation is 1. The Kier molecular flexibility index (Phi) is 5.73. The van der Waals surface area contributed by atoms with Gasteiger partial charge in [-0.1, -0.05) is 24.3 Å². The van der Waals surface area contributed by atoms with Gasteiger partial charge >= 0.3 is 18.0 Å². The Bertz CT molecular complexity index is 1110. The van der Waals surface area contributed by atoms with E-state index in [9.17, 15) is 14.4 Å². The minimum atomic E-state index is -0.742. The third-order valence-corrected chi connectivity index (χ3v) is 4.32. The molecule has 0 spiro atoms. The summed E-state index contributed by atoms with van der Waals surface area (Å²) >= 11 is 0. The number of esters is 2. The van der Waals surface area contributed by atoms with Gasteiger partial charge in [-0.15, -0.1) is 0 Å². The van der Waals surface area contributed by atoms with Crippen molar-refractivity contribution < 1.29 is 23.9 Å². The van der Waals surface area contributed by atoms with Crippen molar-refractivity contribution in [2.24, 2.45) is 5.73 Å². The van der Waals surface area contributed by atoms with Crippen LogP contribution in [-0.2, 0) is 16.1 Å². The molecule has 0 unspecified atom stereocenters. The number of hydrogen-bond donors (Lipinski definition) is 2. The number of benzene rings is 2. The fourth-order valence-corrected chi connectivity index (χ4v) is 3.00. The molecule has 0 aliphatic heterocycles. The maximum atomic E-state index is 12.4. The minimum absolute atomic E-state index is 0.216. The first-order valence-electron chi connectivity index (χ1n) is 8.71. The highest BCUT2D eigenvalue weighted by Crippen LogP contribution is 2.24. The number of primary amides is 1. The molecule has 2 aromatic carbocycles. The van der Waals surface area contributed by atoms with Crippen molar-refractivity contribution in [3.8, 4) is 0 Å². The van der Waals surface area contributed by atoms with Crippen LogP contribution in [0.2, 0.25) is 0 Å². The second-order valence-electron chi connectivity index (χ2n) is 6.21. The van der Waals surface area contributed by atoms with Crippen LogP contribution in [0, 0.1) is 6.92 Å². The number of carbonyl (C=O) groups is 3. The van der Waals surface area contributed by atoms with E-state index in [1.165, 1.54) is 19.2 Å². The first kappa shape index (κ1) is 19.8. The van der Waals surface area contributed by atoms with Crippen LogP contribution in [0.25, 0.3) is 10.9 Å². The van der Waals surface area contributed by atoms with Gasteiger partial charge in [0.25, 0.3) is 0 Å². The molecule has 1 heterocycles. The number of pyridine rings is 1. The summed E-state index contributed by atoms with van der Waals surface area (Å²) in [5.41, 5.74) is 7.60. The molecule has 0 atom stereocenters. The molecular weight excluding hydrogens is 374 g/mol. The number of carbonyl (C=O) groups excluding carboxylic acids is 3. The zero-order valence-electron chi connectivity index (χ0n) is 15.9. The summed E-state index contributed by atoms with van der Waals surface area (Å²) in [5, 5.41) is 3.20. The summed E-state index contributed by atoms with van der Waals surface area (Å²) in [5.74, 6) is -1.19.